The second-order valence-electron chi connectivity index (χ2n) is 6.60. The number of carbonyl (C=O) groups excluding carboxylic acids is 2. The van der Waals surface area contributed by atoms with Gasteiger partial charge in [0.05, 0.1) is 11.0 Å². The van der Waals surface area contributed by atoms with Gasteiger partial charge in [0.15, 0.2) is 0 Å². The van der Waals surface area contributed by atoms with Crippen LogP contribution in [0.1, 0.15) is 19.8 Å². The van der Waals surface area contributed by atoms with Gasteiger partial charge in [0, 0.05) is 49.9 Å². The Hall–Kier alpha value is -2.48. The highest BCUT2D eigenvalue weighted by atomic mass is 16.6. The topological polar surface area (TPSA) is 95.8 Å². The molecule has 1 aliphatic heterocycles. The maximum absolute atomic E-state index is 12.4. The normalized spacial score (nSPS) is 19.3. The van der Waals surface area contributed by atoms with E-state index in [9.17, 15) is 19.7 Å². The quantitative estimate of drug-likeness (QED) is 0.643. The summed E-state index contributed by atoms with van der Waals surface area (Å²) in [5, 5.41) is 13.4. The molecule has 0 radical (unpaired) electrons. The lowest BCUT2D eigenvalue weighted by Gasteiger charge is -2.37. The van der Waals surface area contributed by atoms with Crippen LogP contribution in [0.3, 0.4) is 0 Å². The number of nitro groups is 1. The van der Waals surface area contributed by atoms with Gasteiger partial charge in [-0.2, -0.15) is 0 Å². The van der Waals surface area contributed by atoms with Gasteiger partial charge in [-0.3, -0.25) is 24.6 Å². The number of nitro benzene ring substituents is 1. The van der Waals surface area contributed by atoms with E-state index < -0.39 is 4.92 Å². The van der Waals surface area contributed by atoms with Gasteiger partial charge in [-0.1, -0.05) is 0 Å². The maximum Gasteiger partial charge on any atom is 0.269 e. The van der Waals surface area contributed by atoms with Crippen LogP contribution < -0.4 is 5.32 Å². The summed E-state index contributed by atoms with van der Waals surface area (Å²) < 4.78 is 0. The molecule has 2 fully saturated rings. The molecule has 3 rings (SSSR count). The summed E-state index contributed by atoms with van der Waals surface area (Å²) >= 11 is 0. The fourth-order valence-corrected chi connectivity index (χ4v) is 3.00. The van der Waals surface area contributed by atoms with Gasteiger partial charge in [0.2, 0.25) is 11.8 Å². The fourth-order valence-electron chi connectivity index (χ4n) is 3.00. The number of benzene rings is 1. The largest absolute Gasteiger partial charge is 0.340 e. The molecule has 0 spiro atoms. The average Bonchev–Trinajstić information content (AvgIpc) is 3.46. The first-order valence-electron chi connectivity index (χ1n) is 8.54. The predicted octanol–water partition coefficient (Wildman–Crippen LogP) is 1.48. The number of rotatable bonds is 5. The third kappa shape index (κ3) is 4.14. The lowest BCUT2D eigenvalue weighted by Crippen LogP contribution is -2.54. The Balaban J connectivity index is 1.50. The molecule has 2 aliphatic rings. The van der Waals surface area contributed by atoms with Gasteiger partial charge in [-0.05, 0) is 31.9 Å². The third-order valence-electron chi connectivity index (χ3n) is 4.83. The zero-order valence-electron chi connectivity index (χ0n) is 14.2. The van der Waals surface area contributed by atoms with Crippen LogP contribution >= 0.6 is 0 Å². The Morgan fingerprint density at radius 3 is 2.28 bits per heavy atom. The van der Waals surface area contributed by atoms with Crippen molar-refractivity contribution >= 4 is 23.2 Å². The molecular formula is C17H22N4O4. The lowest BCUT2D eigenvalue weighted by atomic mass is 10.2. The monoisotopic (exact) mass is 346 g/mol. The van der Waals surface area contributed by atoms with E-state index >= 15 is 0 Å². The molecule has 1 aromatic rings. The Labute approximate surface area is 145 Å². The summed E-state index contributed by atoms with van der Waals surface area (Å²) in [6, 6.07) is 5.45. The molecule has 1 N–H and O–H groups in total. The van der Waals surface area contributed by atoms with Gasteiger partial charge in [-0.15, -0.1) is 0 Å². The molecule has 8 nitrogen and oxygen atoms in total. The number of hydrogen-bond donors (Lipinski definition) is 1. The van der Waals surface area contributed by atoms with Gasteiger partial charge >= 0.3 is 0 Å². The lowest BCUT2D eigenvalue weighted by molar-refractivity contribution is -0.384. The van der Waals surface area contributed by atoms with Gasteiger partial charge in [0.1, 0.15) is 0 Å². The number of amides is 2. The second-order valence-corrected chi connectivity index (χ2v) is 6.60. The average molecular weight is 346 g/mol. The maximum atomic E-state index is 12.4. The van der Waals surface area contributed by atoms with Crippen molar-refractivity contribution in [3.63, 3.8) is 0 Å². The van der Waals surface area contributed by atoms with Crippen molar-refractivity contribution in [1.29, 1.82) is 0 Å². The van der Waals surface area contributed by atoms with E-state index in [4.69, 9.17) is 0 Å². The molecule has 0 aromatic heterocycles. The highest BCUT2D eigenvalue weighted by Gasteiger charge is 2.35. The SMILES string of the molecule is C[C@H](C(=O)Nc1ccc([N+](=O)[O-])cc1)N1CCN(C(=O)C2CC2)CC1. The van der Waals surface area contributed by atoms with Crippen molar-refractivity contribution in [1.82, 2.24) is 9.80 Å². The predicted molar refractivity (Wildman–Crippen MR) is 92.1 cm³/mol. The van der Waals surface area contributed by atoms with Crippen molar-refractivity contribution < 1.29 is 14.5 Å². The number of piperazine rings is 1. The van der Waals surface area contributed by atoms with E-state index in [-0.39, 0.29) is 29.5 Å². The van der Waals surface area contributed by atoms with Crippen molar-refractivity contribution in [2.75, 3.05) is 31.5 Å². The number of anilines is 1. The zero-order chi connectivity index (χ0) is 18.0. The van der Waals surface area contributed by atoms with Crippen LogP contribution in [0.5, 0.6) is 0 Å². The Morgan fingerprint density at radius 2 is 1.76 bits per heavy atom. The zero-order valence-corrected chi connectivity index (χ0v) is 14.2. The van der Waals surface area contributed by atoms with E-state index in [1.54, 1.807) is 0 Å². The van der Waals surface area contributed by atoms with Gasteiger partial charge in [0.25, 0.3) is 5.69 Å². The first-order chi connectivity index (χ1) is 12.0. The van der Waals surface area contributed by atoms with E-state index in [0.717, 1.165) is 12.8 Å². The number of nitrogens with one attached hydrogen (secondary N) is 1. The van der Waals surface area contributed by atoms with Crippen molar-refractivity contribution in [2.45, 2.75) is 25.8 Å². The second kappa shape index (κ2) is 7.18. The summed E-state index contributed by atoms with van der Waals surface area (Å²) in [5.74, 6) is 0.327. The highest BCUT2D eigenvalue weighted by molar-refractivity contribution is 5.94. The Bertz CT molecular complexity index is 664. The van der Waals surface area contributed by atoms with E-state index in [1.165, 1.54) is 24.3 Å². The van der Waals surface area contributed by atoms with Crippen LogP contribution in [0, 0.1) is 16.0 Å². The molecule has 2 amide bonds. The number of non-ortho nitro benzene ring substituents is 1. The van der Waals surface area contributed by atoms with Crippen LogP contribution in [0.25, 0.3) is 0 Å². The van der Waals surface area contributed by atoms with Crippen molar-refractivity contribution in [2.24, 2.45) is 5.92 Å². The summed E-state index contributed by atoms with van der Waals surface area (Å²) in [7, 11) is 0. The van der Waals surface area contributed by atoms with Crippen LogP contribution in [0.15, 0.2) is 24.3 Å². The van der Waals surface area contributed by atoms with Crippen LogP contribution in [0.2, 0.25) is 0 Å². The Morgan fingerprint density at radius 1 is 1.16 bits per heavy atom. The summed E-state index contributed by atoms with van der Waals surface area (Å²) in [4.78, 5) is 38.6. The van der Waals surface area contributed by atoms with E-state index in [2.05, 4.69) is 10.2 Å². The van der Waals surface area contributed by atoms with Crippen molar-refractivity contribution in [3.8, 4) is 0 Å². The minimum atomic E-state index is -0.476. The molecule has 0 bridgehead atoms. The smallest absolute Gasteiger partial charge is 0.269 e. The molecular weight excluding hydrogens is 324 g/mol. The van der Waals surface area contributed by atoms with Crippen LogP contribution in [0.4, 0.5) is 11.4 Å². The summed E-state index contributed by atoms with van der Waals surface area (Å²) in [5.41, 5.74) is 0.521. The Kier molecular flexibility index (Phi) is 4.98. The molecule has 0 unspecified atom stereocenters. The molecule has 134 valence electrons. The highest BCUT2D eigenvalue weighted by Crippen LogP contribution is 2.31. The molecule has 1 heterocycles. The molecule has 1 aromatic carbocycles. The number of hydrogen-bond acceptors (Lipinski definition) is 5. The van der Waals surface area contributed by atoms with Crippen LogP contribution in [-0.2, 0) is 9.59 Å². The molecule has 1 saturated heterocycles. The molecule has 1 saturated carbocycles. The minimum Gasteiger partial charge on any atom is -0.340 e. The number of nitrogens with zero attached hydrogens (tertiary/aromatic N) is 3. The minimum absolute atomic E-state index is 0.0116. The van der Waals surface area contributed by atoms with Crippen LogP contribution in [-0.4, -0.2) is 58.8 Å². The molecule has 8 heteroatoms. The van der Waals surface area contributed by atoms with E-state index in [0.29, 0.717) is 31.9 Å². The van der Waals surface area contributed by atoms with E-state index in [1.807, 2.05) is 11.8 Å². The summed E-state index contributed by atoms with van der Waals surface area (Å²) in [6.07, 6.45) is 2.01. The van der Waals surface area contributed by atoms with Gasteiger partial charge in [-0.25, -0.2) is 0 Å². The summed E-state index contributed by atoms with van der Waals surface area (Å²) in [6.45, 7) is 4.49. The standard InChI is InChI=1S/C17H22N4O4/c1-12(16(22)18-14-4-6-15(7-5-14)21(24)25)19-8-10-20(11-9-19)17(23)13-2-3-13/h4-7,12-13H,2-3,8-11H2,1H3,(H,18,22)/t12-/m1/s1. The van der Waals surface area contributed by atoms with Crippen molar-refractivity contribution in [3.05, 3.63) is 34.4 Å². The fraction of sp³-hybridized carbons (Fsp3) is 0.529. The first-order valence-corrected chi connectivity index (χ1v) is 8.54. The number of carbonyl (C=O) groups is 2. The molecule has 25 heavy (non-hydrogen) atoms. The molecule has 1 atom stereocenters. The van der Waals surface area contributed by atoms with Gasteiger partial charge < -0.3 is 10.2 Å². The first kappa shape index (κ1) is 17.3. The third-order valence-corrected chi connectivity index (χ3v) is 4.83. The molecule has 1 aliphatic carbocycles.